The number of hydrogen-bond acceptors (Lipinski definition) is 7. The van der Waals surface area contributed by atoms with Crippen LogP contribution in [0, 0.1) is 22.7 Å². The summed E-state index contributed by atoms with van der Waals surface area (Å²) in [4.78, 5) is 87.7. The molecule has 280 valence electrons. The van der Waals surface area contributed by atoms with Crippen LogP contribution >= 0.6 is 0 Å². The molecule has 12 heteroatoms. The molecule has 2 aliphatic rings. The molecule has 0 spiro atoms. The predicted molar refractivity (Wildman–Crippen MR) is 196 cm³/mol. The molecule has 12 nitrogen and oxygen atoms in total. The zero-order valence-corrected chi connectivity index (χ0v) is 31.3. The Morgan fingerprint density at radius 2 is 1.65 bits per heavy atom. The second kappa shape index (κ2) is 18.2. The van der Waals surface area contributed by atoms with Gasteiger partial charge in [0.15, 0.2) is 0 Å². The number of ketones is 1. The van der Waals surface area contributed by atoms with Crippen LogP contribution in [0.2, 0.25) is 0 Å². The largest absolute Gasteiger partial charge is 0.346 e. The Hall–Kier alpha value is -4.35. The van der Waals surface area contributed by atoms with Crippen molar-refractivity contribution in [1.82, 2.24) is 31.2 Å². The molecule has 51 heavy (non-hydrogen) atoms. The van der Waals surface area contributed by atoms with Crippen LogP contribution in [0.15, 0.2) is 49.7 Å². The minimum Gasteiger partial charge on any atom is -0.346 e. The summed E-state index contributed by atoms with van der Waals surface area (Å²) >= 11 is 0. The highest BCUT2D eigenvalue weighted by atomic mass is 16.2. The van der Waals surface area contributed by atoms with Crippen LogP contribution in [0.5, 0.6) is 0 Å². The Labute approximate surface area is 303 Å². The van der Waals surface area contributed by atoms with E-state index in [0.29, 0.717) is 12.8 Å². The van der Waals surface area contributed by atoms with Gasteiger partial charge in [0.2, 0.25) is 23.5 Å². The summed E-state index contributed by atoms with van der Waals surface area (Å²) in [6.45, 7) is 19.1. The molecule has 5 amide bonds. The second-order valence-electron chi connectivity index (χ2n) is 15.5. The molecule has 1 aliphatic heterocycles. The Bertz CT molecular complexity index is 1430. The third kappa shape index (κ3) is 10.6. The highest BCUT2D eigenvalue weighted by Crippen LogP contribution is 2.41. The third-order valence-electron chi connectivity index (χ3n) is 10.3. The van der Waals surface area contributed by atoms with Crippen molar-refractivity contribution in [1.29, 1.82) is 0 Å². The van der Waals surface area contributed by atoms with Crippen LogP contribution in [0.25, 0.3) is 0 Å². The fraction of sp³-hybridized carbons (Fsp3) is 0.615. The fourth-order valence-electron chi connectivity index (χ4n) is 7.14. The van der Waals surface area contributed by atoms with Crippen LogP contribution in [0.1, 0.15) is 103 Å². The molecule has 1 aromatic rings. The van der Waals surface area contributed by atoms with E-state index >= 15 is 0 Å². The molecule has 2 fully saturated rings. The molecule has 0 aromatic carbocycles. The molecule has 2 heterocycles. The Balaban J connectivity index is 1.95. The molecular formula is C39H58N6O6. The standard InChI is InChI=1S/C39H58N6O6/c1-9-17-27(31(46)36(50)41-22-10-2)42-35(49)30-26(39(7,8)11-3)21-24-45(30)37(51)32(38(4,5)6)44-34(48)29(25-18-13-12-14-19-25)43-33(47)28-20-15-16-23-40-28/h10-11,15-16,20,23,25-27,29-30,32H,2-3,9,12-14,17-19,21-22,24H2,1,4-8H3,(H,41,50)(H,42,49)(H,43,47)(H,44,48)/t26-,27?,29-,30-,32+/m0/s1. The van der Waals surface area contributed by atoms with Crippen LogP contribution in [-0.2, 0) is 24.0 Å². The van der Waals surface area contributed by atoms with Gasteiger partial charge in [-0.05, 0) is 60.5 Å². The number of hydrogen-bond donors (Lipinski definition) is 4. The average Bonchev–Trinajstić information content (AvgIpc) is 3.58. The van der Waals surface area contributed by atoms with Gasteiger partial charge in [-0.2, -0.15) is 0 Å². The number of nitrogens with one attached hydrogen (secondary N) is 4. The minimum atomic E-state index is -1.09. The van der Waals surface area contributed by atoms with Crippen LogP contribution in [0.3, 0.4) is 0 Å². The maximum atomic E-state index is 14.7. The summed E-state index contributed by atoms with van der Waals surface area (Å²) in [6.07, 6.45) is 10.4. The van der Waals surface area contributed by atoms with Crippen LogP contribution in [0.4, 0.5) is 0 Å². The number of amides is 5. The highest BCUT2D eigenvalue weighted by molar-refractivity contribution is 6.38. The smallest absolute Gasteiger partial charge is 0.289 e. The summed E-state index contributed by atoms with van der Waals surface area (Å²) in [6, 6.07) is 0.948. The predicted octanol–water partition coefficient (Wildman–Crippen LogP) is 3.88. The van der Waals surface area contributed by atoms with Crippen molar-refractivity contribution in [3.8, 4) is 0 Å². The van der Waals surface area contributed by atoms with Gasteiger partial charge in [0.05, 0.1) is 6.04 Å². The van der Waals surface area contributed by atoms with Gasteiger partial charge < -0.3 is 26.2 Å². The molecule has 5 atom stereocenters. The molecular weight excluding hydrogens is 648 g/mol. The zero-order valence-electron chi connectivity index (χ0n) is 31.3. The Kier molecular flexibility index (Phi) is 14.7. The molecule has 0 radical (unpaired) electrons. The Morgan fingerprint density at radius 1 is 0.961 bits per heavy atom. The topological polar surface area (TPSA) is 167 Å². The van der Waals surface area contributed by atoms with Gasteiger partial charge in [-0.15, -0.1) is 13.2 Å². The van der Waals surface area contributed by atoms with Gasteiger partial charge in [-0.1, -0.05) is 85.4 Å². The second-order valence-corrected chi connectivity index (χ2v) is 15.5. The van der Waals surface area contributed by atoms with Gasteiger partial charge in [-0.3, -0.25) is 33.8 Å². The lowest BCUT2D eigenvalue weighted by Gasteiger charge is -2.39. The van der Waals surface area contributed by atoms with E-state index in [4.69, 9.17) is 0 Å². The lowest BCUT2D eigenvalue weighted by molar-refractivity contribution is -0.146. The lowest BCUT2D eigenvalue weighted by Crippen LogP contribution is -2.62. The molecule has 4 N–H and O–H groups in total. The van der Waals surface area contributed by atoms with E-state index in [-0.39, 0.29) is 37.0 Å². The quantitative estimate of drug-likeness (QED) is 0.150. The molecule has 1 aromatic heterocycles. The summed E-state index contributed by atoms with van der Waals surface area (Å²) < 4.78 is 0. The first-order valence-corrected chi connectivity index (χ1v) is 18.3. The van der Waals surface area contributed by atoms with Crippen molar-refractivity contribution >= 4 is 35.3 Å². The van der Waals surface area contributed by atoms with Crippen molar-refractivity contribution in [2.24, 2.45) is 22.7 Å². The number of Topliss-reactive ketones (excluding diaryl/α,β-unsaturated/α-hetero) is 1. The van der Waals surface area contributed by atoms with Gasteiger partial charge in [0.1, 0.15) is 23.8 Å². The lowest BCUT2D eigenvalue weighted by atomic mass is 9.74. The summed E-state index contributed by atoms with van der Waals surface area (Å²) in [7, 11) is 0. The van der Waals surface area contributed by atoms with E-state index in [1.54, 1.807) is 24.3 Å². The molecule has 1 saturated heterocycles. The summed E-state index contributed by atoms with van der Waals surface area (Å²) in [5.74, 6) is -4.03. The zero-order chi connectivity index (χ0) is 37.9. The maximum absolute atomic E-state index is 14.7. The summed E-state index contributed by atoms with van der Waals surface area (Å²) in [5, 5.41) is 11.2. The van der Waals surface area contributed by atoms with Gasteiger partial charge in [0.25, 0.3) is 11.8 Å². The average molecular weight is 707 g/mol. The number of allylic oxidation sites excluding steroid dienone is 1. The number of nitrogens with zero attached hydrogens (tertiary/aromatic N) is 2. The minimum absolute atomic E-state index is 0.103. The first kappa shape index (κ1) is 41.1. The van der Waals surface area contributed by atoms with E-state index in [2.05, 4.69) is 39.4 Å². The summed E-state index contributed by atoms with van der Waals surface area (Å²) in [5.41, 5.74) is -1.18. The number of aromatic nitrogens is 1. The van der Waals surface area contributed by atoms with Crippen LogP contribution < -0.4 is 21.3 Å². The van der Waals surface area contributed by atoms with Crippen molar-refractivity contribution < 1.29 is 28.8 Å². The fourth-order valence-corrected chi connectivity index (χ4v) is 7.14. The van der Waals surface area contributed by atoms with Gasteiger partial charge in [0, 0.05) is 19.3 Å². The number of carbonyl (C=O) groups excluding carboxylic acids is 6. The van der Waals surface area contributed by atoms with E-state index in [1.165, 1.54) is 17.2 Å². The molecule has 1 unspecified atom stereocenters. The maximum Gasteiger partial charge on any atom is 0.289 e. The van der Waals surface area contributed by atoms with E-state index in [1.807, 2.05) is 41.5 Å². The van der Waals surface area contributed by atoms with Crippen molar-refractivity contribution in [2.45, 2.75) is 117 Å². The van der Waals surface area contributed by atoms with Crippen molar-refractivity contribution in [3.05, 3.63) is 55.4 Å². The SMILES string of the molecule is C=CCNC(=O)C(=O)C(CCC)NC(=O)[C@@H]1[C@@H](C(C)(C)C=C)CCN1C(=O)[C@@H](NC(=O)[C@@H](NC(=O)c1ccccn1)C1CCCCC1)C(C)(C)C. The van der Waals surface area contributed by atoms with Crippen molar-refractivity contribution in [2.75, 3.05) is 13.1 Å². The van der Waals surface area contributed by atoms with E-state index in [0.717, 1.165) is 32.1 Å². The first-order valence-electron chi connectivity index (χ1n) is 18.3. The molecule has 3 rings (SSSR count). The number of pyridine rings is 1. The number of likely N-dealkylation sites (tertiary alicyclic amines) is 1. The molecule has 1 saturated carbocycles. The number of rotatable bonds is 16. The van der Waals surface area contributed by atoms with E-state index in [9.17, 15) is 28.8 Å². The van der Waals surface area contributed by atoms with Crippen molar-refractivity contribution in [3.63, 3.8) is 0 Å². The monoisotopic (exact) mass is 706 g/mol. The number of carbonyl (C=O) groups is 6. The van der Waals surface area contributed by atoms with Gasteiger partial charge in [-0.25, -0.2) is 0 Å². The molecule has 1 aliphatic carbocycles. The highest BCUT2D eigenvalue weighted by Gasteiger charge is 2.51. The van der Waals surface area contributed by atoms with E-state index < -0.39 is 70.3 Å². The normalized spacial score (nSPS) is 19.9. The first-order chi connectivity index (χ1) is 24.1. The Morgan fingerprint density at radius 3 is 2.22 bits per heavy atom. The van der Waals surface area contributed by atoms with Gasteiger partial charge >= 0.3 is 0 Å². The third-order valence-corrected chi connectivity index (χ3v) is 10.3. The molecule has 0 bridgehead atoms. The van der Waals surface area contributed by atoms with Crippen LogP contribution in [-0.4, -0.2) is 82.5 Å².